The van der Waals surface area contributed by atoms with Gasteiger partial charge in [-0.25, -0.2) is 8.78 Å². The first kappa shape index (κ1) is 22.4. The van der Waals surface area contributed by atoms with Gasteiger partial charge < -0.3 is 19.9 Å². The Hall–Kier alpha value is 0.396. The first-order chi connectivity index (χ1) is 10.8. The molecule has 1 saturated heterocycles. The molecule has 2 rings (SSSR count). The van der Waals surface area contributed by atoms with Gasteiger partial charge >= 0.3 is 51.4 Å². The second-order valence-corrected chi connectivity index (χ2v) is 6.91. The van der Waals surface area contributed by atoms with Crippen LogP contribution in [0.25, 0.3) is 0 Å². The van der Waals surface area contributed by atoms with E-state index in [0.29, 0.717) is 6.54 Å². The zero-order valence-corrected chi connectivity index (χ0v) is 17.4. The van der Waals surface area contributed by atoms with Crippen molar-refractivity contribution in [2.75, 3.05) is 13.2 Å². The van der Waals surface area contributed by atoms with Gasteiger partial charge in [-0.3, -0.25) is 4.79 Å². The van der Waals surface area contributed by atoms with Gasteiger partial charge in [0.25, 0.3) is 0 Å². The predicted molar refractivity (Wildman–Crippen MR) is 76.5 cm³/mol. The van der Waals surface area contributed by atoms with Crippen LogP contribution in [0.3, 0.4) is 0 Å². The number of halogens is 2. The second kappa shape index (κ2) is 9.37. The summed E-state index contributed by atoms with van der Waals surface area (Å²) < 4.78 is 26.9. The van der Waals surface area contributed by atoms with Crippen molar-refractivity contribution in [3.05, 3.63) is 0 Å². The number of rotatable bonds is 5. The van der Waals surface area contributed by atoms with Gasteiger partial charge in [-0.05, 0) is 44.4 Å². The van der Waals surface area contributed by atoms with Crippen LogP contribution in [0.4, 0.5) is 8.78 Å². The van der Waals surface area contributed by atoms with Gasteiger partial charge in [-0.2, -0.15) is 0 Å². The number of carboxylic acid groups (broad SMARTS) is 1. The van der Waals surface area contributed by atoms with Crippen LogP contribution in [0.15, 0.2) is 0 Å². The van der Waals surface area contributed by atoms with Gasteiger partial charge in [-0.15, -0.1) is 0 Å². The summed E-state index contributed by atoms with van der Waals surface area (Å²) >= 11 is 0. The van der Waals surface area contributed by atoms with Crippen LogP contribution in [-0.2, 0) is 9.59 Å². The average molecular weight is 371 g/mol. The molecule has 1 heterocycles. The Morgan fingerprint density at radius 3 is 2.25 bits per heavy atom. The fraction of sp³-hybridized carbons (Fsp3) is 0.875. The molecule has 1 aliphatic carbocycles. The molecule has 0 aromatic heterocycles. The van der Waals surface area contributed by atoms with E-state index in [1.54, 1.807) is 4.90 Å². The summed E-state index contributed by atoms with van der Waals surface area (Å²) in [5.41, 5.74) is -0.515. The minimum Gasteiger partial charge on any atom is -0.550 e. The van der Waals surface area contributed by atoms with E-state index in [1.807, 2.05) is 0 Å². The Morgan fingerprint density at radius 1 is 1.08 bits per heavy atom. The van der Waals surface area contributed by atoms with Crippen molar-refractivity contribution in [1.82, 2.24) is 4.90 Å². The number of carbonyl (C=O) groups is 2. The van der Waals surface area contributed by atoms with Gasteiger partial charge in [0.1, 0.15) is 0 Å². The number of aliphatic carboxylic acids is 1. The molecule has 1 atom stereocenters. The molecule has 5 nitrogen and oxygen atoms in total. The molecule has 2 fully saturated rings. The van der Waals surface area contributed by atoms with Crippen LogP contribution in [-0.4, -0.2) is 46.5 Å². The predicted octanol–water partition coefficient (Wildman–Crippen LogP) is -1.91. The van der Waals surface area contributed by atoms with Crippen LogP contribution in [0.5, 0.6) is 0 Å². The van der Waals surface area contributed by atoms with Crippen LogP contribution >= 0.6 is 0 Å². The number of hydrogen-bond acceptors (Lipinski definition) is 4. The first-order valence-electron chi connectivity index (χ1n) is 8.27. The number of amides is 1. The van der Waals surface area contributed by atoms with Gasteiger partial charge in [0.15, 0.2) is 0 Å². The fourth-order valence-corrected chi connectivity index (χ4v) is 3.88. The summed E-state index contributed by atoms with van der Waals surface area (Å²) in [5.74, 6) is -4.88. The molecule has 2 aliphatic rings. The molecule has 1 saturated carbocycles. The third-order valence-electron chi connectivity index (χ3n) is 5.24. The van der Waals surface area contributed by atoms with Crippen molar-refractivity contribution in [3.63, 3.8) is 0 Å². The molecule has 0 aromatic carbocycles. The maximum atomic E-state index is 13.5. The summed E-state index contributed by atoms with van der Waals surface area (Å²) in [6.45, 7) is 0.118. The molecular formula is C16H24F2KNO4. The number of piperidine rings is 1. The number of nitrogens with zero attached hydrogens (tertiary/aromatic N) is 1. The summed E-state index contributed by atoms with van der Waals surface area (Å²) in [6, 6.07) is 0. The monoisotopic (exact) mass is 371 g/mol. The van der Waals surface area contributed by atoms with Crippen LogP contribution < -0.4 is 56.5 Å². The van der Waals surface area contributed by atoms with Gasteiger partial charge in [-0.1, -0.05) is 0 Å². The number of hydrogen-bond donors (Lipinski definition) is 1. The standard InChI is InChI=1S/C16H25F2NO4.K/c17-16(18)6-4-15(5-7-16)3-1-2-8-19(15)13(21)9-12(11-20)10-14(22)23;/h12,20H,1-11H2,(H,22,23);/q;+1/p-1. The van der Waals surface area contributed by atoms with E-state index in [1.165, 1.54) is 0 Å². The number of carboxylic acids is 1. The second-order valence-electron chi connectivity index (χ2n) is 6.91. The van der Waals surface area contributed by atoms with Crippen LogP contribution in [0.1, 0.15) is 57.8 Å². The summed E-state index contributed by atoms with van der Waals surface area (Å²) in [4.78, 5) is 24.9. The van der Waals surface area contributed by atoms with Gasteiger partial charge in [0.05, 0.1) is 0 Å². The fourth-order valence-electron chi connectivity index (χ4n) is 3.88. The zero-order chi connectivity index (χ0) is 17.1. The average Bonchev–Trinajstić information content (AvgIpc) is 2.50. The Kier molecular flexibility index (Phi) is 8.76. The maximum Gasteiger partial charge on any atom is 1.00 e. The molecule has 1 spiro atoms. The Bertz CT molecular complexity index is 451. The SMILES string of the molecule is O=C([O-])CC(CO)CC(=O)N1CCCCC12CCC(F)(F)CC2.[K+]. The van der Waals surface area contributed by atoms with Crippen LogP contribution in [0, 0.1) is 5.92 Å². The van der Waals surface area contributed by atoms with E-state index in [4.69, 9.17) is 0 Å². The van der Waals surface area contributed by atoms with E-state index >= 15 is 0 Å². The van der Waals surface area contributed by atoms with Crippen molar-refractivity contribution in [3.8, 4) is 0 Å². The third-order valence-corrected chi connectivity index (χ3v) is 5.24. The molecule has 8 heteroatoms. The number of aliphatic hydroxyl groups is 1. The van der Waals surface area contributed by atoms with E-state index in [9.17, 15) is 28.6 Å². The number of carbonyl (C=O) groups excluding carboxylic acids is 2. The molecule has 132 valence electrons. The molecule has 0 aromatic rings. The van der Waals surface area contributed by atoms with Crippen LogP contribution in [0.2, 0.25) is 0 Å². The Morgan fingerprint density at radius 2 is 1.71 bits per heavy atom. The van der Waals surface area contributed by atoms with E-state index in [-0.39, 0.29) is 95.8 Å². The minimum atomic E-state index is -2.65. The quantitative estimate of drug-likeness (QED) is 0.572. The molecule has 0 radical (unpaired) electrons. The molecule has 1 unspecified atom stereocenters. The normalized spacial score (nSPS) is 23.4. The number of likely N-dealkylation sites (tertiary alicyclic amines) is 1. The van der Waals surface area contributed by atoms with Gasteiger partial charge in [0, 0.05) is 43.9 Å². The maximum absolute atomic E-state index is 13.5. The molecule has 24 heavy (non-hydrogen) atoms. The minimum absolute atomic E-state index is 0. The molecular weight excluding hydrogens is 347 g/mol. The summed E-state index contributed by atoms with van der Waals surface area (Å²) in [7, 11) is 0. The Labute approximate surface area is 183 Å². The molecule has 1 amide bonds. The van der Waals surface area contributed by atoms with Crippen molar-refractivity contribution in [2.45, 2.75) is 69.2 Å². The van der Waals surface area contributed by atoms with Crippen molar-refractivity contribution >= 4 is 11.9 Å². The van der Waals surface area contributed by atoms with Gasteiger partial charge in [0.2, 0.25) is 11.8 Å². The summed E-state index contributed by atoms with van der Waals surface area (Å²) in [5, 5.41) is 19.9. The zero-order valence-electron chi connectivity index (χ0n) is 14.2. The largest absolute Gasteiger partial charge is 1.00 e. The molecule has 1 N–H and O–H groups in total. The third kappa shape index (κ3) is 5.70. The van der Waals surface area contributed by atoms with E-state index in [2.05, 4.69) is 0 Å². The Balaban J connectivity index is 0.00000288. The number of alkyl halides is 2. The van der Waals surface area contributed by atoms with E-state index < -0.39 is 30.0 Å². The first-order valence-corrected chi connectivity index (χ1v) is 8.27. The summed E-state index contributed by atoms with van der Waals surface area (Å²) in [6.07, 6.45) is 2.17. The smallest absolute Gasteiger partial charge is 0.550 e. The molecule has 1 aliphatic heterocycles. The van der Waals surface area contributed by atoms with Crippen molar-refractivity contribution in [2.24, 2.45) is 5.92 Å². The topological polar surface area (TPSA) is 80.7 Å². The van der Waals surface area contributed by atoms with Crippen molar-refractivity contribution in [1.29, 1.82) is 0 Å². The molecule has 0 bridgehead atoms. The number of aliphatic hydroxyl groups excluding tert-OH is 1. The van der Waals surface area contributed by atoms with E-state index in [0.717, 1.165) is 19.3 Å². The van der Waals surface area contributed by atoms with Crippen molar-refractivity contribution < 1.29 is 80.0 Å².